The minimum absolute atomic E-state index is 0.0107. The Morgan fingerprint density at radius 3 is 1.60 bits per heavy atom. The van der Waals surface area contributed by atoms with Gasteiger partial charge >= 0.3 is 0 Å². The van der Waals surface area contributed by atoms with Crippen molar-refractivity contribution in [3.63, 3.8) is 0 Å². The molecule has 0 unspecified atom stereocenters. The van der Waals surface area contributed by atoms with Gasteiger partial charge in [0.05, 0.1) is 13.2 Å². The van der Waals surface area contributed by atoms with Gasteiger partial charge in [0, 0.05) is 5.41 Å². The van der Waals surface area contributed by atoms with Gasteiger partial charge in [-0.1, -0.05) is 20.8 Å². The van der Waals surface area contributed by atoms with Crippen molar-refractivity contribution in [2.75, 3.05) is 26.3 Å². The number of hydrogen-bond acceptors (Lipinski definition) is 4. The van der Waals surface area contributed by atoms with Crippen molar-refractivity contribution in [1.29, 1.82) is 0 Å². The molecule has 0 aromatic carbocycles. The van der Waals surface area contributed by atoms with Gasteiger partial charge in [-0.25, -0.2) is 0 Å². The third-order valence-electron chi connectivity index (χ3n) is 1.94. The summed E-state index contributed by atoms with van der Waals surface area (Å²) < 4.78 is 11.3. The van der Waals surface area contributed by atoms with Gasteiger partial charge in [-0.05, 0) is 25.9 Å². The number of ether oxygens (including phenoxy) is 2. The highest BCUT2D eigenvalue weighted by atomic mass is 16.7. The van der Waals surface area contributed by atoms with Crippen LogP contribution < -0.4 is 11.5 Å². The zero-order chi connectivity index (χ0) is 11.7. The summed E-state index contributed by atoms with van der Waals surface area (Å²) in [6.45, 7) is 8.91. The number of rotatable bonds is 8. The summed E-state index contributed by atoms with van der Waals surface area (Å²) in [6, 6.07) is 0. The van der Waals surface area contributed by atoms with Crippen LogP contribution in [-0.4, -0.2) is 32.6 Å². The molecular weight excluding hydrogens is 192 g/mol. The molecule has 0 radical (unpaired) electrons. The van der Waals surface area contributed by atoms with Crippen molar-refractivity contribution in [1.82, 2.24) is 0 Å². The van der Waals surface area contributed by atoms with Crippen LogP contribution >= 0.6 is 0 Å². The first-order chi connectivity index (χ1) is 7.02. The second-order valence-electron chi connectivity index (χ2n) is 4.72. The molecule has 0 aromatic heterocycles. The van der Waals surface area contributed by atoms with E-state index in [0.29, 0.717) is 26.3 Å². The minimum atomic E-state index is -0.171. The lowest BCUT2D eigenvalue weighted by molar-refractivity contribution is -0.194. The molecule has 0 amide bonds. The van der Waals surface area contributed by atoms with Gasteiger partial charge in [0.25, 0.3) is 0 Å². The van der Waals surface area contributed by atoms with Gasteiger partial charge in [0.1, 0.15) is 0 Å². The first-order valence-electron chi connectivity index (χ1n) is 5.65. The van der Waals surface area contributed by atoms with Gasteiger partial charge in [-0.15, -0.1) is 0 Å². The maximum atomic E-state index is 5.65. The van der Waals surface area contributed by atoms with Crippen LogP contribution in [0.25, 0.3) is 0 Å². The van der Waals surface area contributed by atoms with E-state index < -0.39 is 0 Å². The van der Waals surface area contributed by atoms with E-state index in [4.69, 9.17) is 20.9 Å². The van der Waals surface area contributed by atoms with Crippen molar-refractivity contribution in [2.45, 2.75) is 39.9 Å². The lowest BCUT2D eigenvalue weighted by Gasteiger charge is -2.30. The van der Waals surface area contributed by atoms with E-state index >= 15 is 0 Å². The first kappa shape index (κ1) is 14.8. The van der Waals surface area contributed by atoms with Gasteiger partial charge in [-0.3, -0.25) is 0 Å². The Balaban J connectivity index is 3.85. The standard InChI is InChI=1S/C11H26N2O2/c1-11(2,3)10(14-8-4-6-12)15-9-5-7-13/h10H,4-9,12-13H2,1-3H3. The minimum Gasteiger partial charge on any atom is -0.352 e. The summed E-state index contributed by atoms with van der Waals surface area (Å²) in [4.78, 5) is 0. The quantitative estimate of drug-likeness (QED) is 0.472. The molecule has 0 rings (SSSR count). The van der Waals surface area contributed by atoms with Crippen LogP contribution in [-0.2, 0) is 9.47 Å². The molecule has 0 heterocycles. The van der Waals surface area contributed by atoms with E-state index in [1.54, 1.807) is 0 Å². The molecule has 92 valence electrons. The van der Waals surface area contributed by atoms with Crippen LogP contribution in [0.15, 0.2) is 0 Å². The lowest BCUT2D eigenvalue weighted by Crippen LogP contribution is -2.33. The van der Waals surface area contributed by atoms with Crippen molar-refractivity contribution in [3.8, 4) is 0 Å². The van der Waals surface area contributed by atoms with Crippen LogP contribution in [0.1, 0.15) is 33.6 Å². The summed E-state index contributed by atoms with van der Waals surface area (Å²) in [5.74, 6) is 0. The molecule has 0 aliphatic carbocycles. The van der Waals surface area contributed by atoms with Crippen molar-refractivity contribution >= 4 is 0 Å². The Morgan fingerprint density at radius 1 is 0.933 bits per heavy atom. The largest absolute Gasteiger partial charge is 0.352 e. The molecule has 4 nitrogen and oxygen atoms in total. The average Bonchev–Trinajstić information content (AvgIpc) is 2.14. The van der Waals surface area contributed by atoms with Gasteiger partial charge in [0.15, 0.2) is 6.29 Å². The van der Waals surface area contributed by atoms with Crippen molar-refractivity contribution in [3.05, 3.63) is 0 Å². The number of hydrogen-bond donors (Lipinski definition) is 2. The molecule has 0 bridgehead atoms. The molecule has 0 saturated heterocycles. The van der Waals surface area contributed by atoms with Crippen LogP contribution in [0.3, 0.4) is 0 Å². The number of nitrogens with two attached hydrogens (primary N) is 2. The monoisotopic (exact) mass is 218 g/mol. The Labute approximate surface area is 93.3 Å². The summed E-state index contributed by atoms with van der Waals surface area (Å²) in [6.07, 6.45) is 1.57. The summed E-state index contributed by atoms with van der Waals surface area (Å²) in [5, 5.41) is 0. The normalized spacial score (nSPS) is 12.4. The van der Waals surface area contributed by atoms with Crippen molar-refractivity contribution < 1.29 is 9.47 Å². The third kappa shape index (κ3) is 7.73. The van der Waals surface area contributed by atoms with Gasteiger partial charge in [0.2, 0.25) is 0 Å². The molecule has 0 fully saturated rings. The smallest absolute Gasteiger partial charge is 0.162 e. The van der Waals surface area contributed by atoms with Gasteiger partial charge in [-0.2, -0.15) is 0 Å². The first-order valence-corrected chi connectivity index (χ1v) is 5.65. The van der Waals surface area contributed by atoms with E-state index in [0.717, 1.165) is 12.8 Å². The predicted octanol–water partition coefficient (Wildman–Crippen LogP) is 1.09. The highest BCUT2D eigenvalue weighted by Crippen LogP contribution is 2.23. The molecule has 0 atom stereocenters. The molecule has 15 heavy (non-hydrogen) atoms. The fourth-order valence-corrected chi connectivity index (χ4v) is 1.10. The molecule has 0 aromatic rings. The summed E-state index contributed by atoms with van der Waals surface area (Å²) in [7, 11) is 0. The fourth-order valence-electron chi connectivity index (χ4n) is 1.10. The molecule has 0 aliphatic rings. The molecule has 0 saturated carbocycles. The van der Waals surface area contributed by atoms with E-state index in [1.165, 1.54) is 0 Å². The zero-order valence-electron chi connectivity index (χ0n) is 10.3. The molecule has 0 aliphatic heterocycles. The molecule has 0 spiro atoms. The van der Waals surface area contributed by atoms with E-state index in [2.05, 4.69) is 20.8 Å². The second kappa shape index (κ2) is 8.05. The molecule has 4 heteroatoms. The topological polar surface area (TPSA) is 70.5 Å². The Hall–Kier alpha value is -0.160. The summed E-state index contributed by atoms with van der Waals surface area (Å²) in [5.41, 5.74) is 10.8. The Bertz CT molecular complexity index is 136. The highest BCUT2D eigenvalue weighted by molar-refractivity contribution is 4.66. The average molecular weight is 218 g/mol. The van der Waals surface area contributed by atoms with Crippen LogP contribution in [0.5, 0.6) is 0 Å². The molecular formula is C11H26N2O2. The Morgan fingerprint density at radius 2 is 1.33 bits per heavy atom. The summed E-state index contributed by atoms with van der Waals surface area (Å²) >= 11 is 0. The predicted molar refractivity (Wildman–Crippen MR) is 62.5 cm³/mol. The second-order valence-corrected chi connectivity index (χ2v) is 4.72. The maximum Gasteiger partial charge on any atom is 0.162 e. The van der Waals surface area contributed by atoms with E-state index in [9.17, 15) is 0 Å². The fraction of sp³-hybridized carbons (Fsp3) is 1.00. The lowest BCUT2D eigenvalue weighted by atomic mass is 9.96. The highest BCUT2D eigenvalue weighted by Gasteiger charge is 2.25. The SMILES string of the molecule is CC(C)(C)C(OCCCN)OCCCN. The van der Waals surface area contributed by atoms with E-state index in [1.807, 2.05) is 0 Å². The van der Waals surface area contributed by atoms with E-state index in [-0.39, 0.29) is 11.7 Å². The zero-order valence-corrected chi connectivity index (χ0v) is 10.3. The maximum absolute atomic E-state index is 5.65. The van der Waals surface area contributed by atoms with Crippen molar-refractivity contribution in [2.24, 2.45) is 16.9 Å². The Kier molecular flexibility index (Phi) is 7.96. The third-order valence-corrected chi connectivity index (χ3v) is 1.94. The van der Waals surface area contributed by atoms with Crippen LogP contribution in [0.4, 0.5) is 0 Å². The van der Waals surface area contributed by atoms with Crippen LogP contribution in [0.2, 0.25) is 0 Å². The van der Waals surface area contributed by atoms with Gasteiger partial charge < -0.3 is 20.9 Å². The molecule has 4 N–H and O–H groups in total. The van der Waals surface area contributed by atoms with Crippen LogP contribution in [0, 0.1) is 5.41 Å².